The fourth-order valence-corrected chi connectivity index (χ4v) is 1.95. The molecule has 1 heterocycles. The third-order valence-corrected chi connectivity index (χ3v) is 3.02. The van der Waals surface area contributed by atoms with Crippen LogP contribution in [-0.2, 0) is 4.79 Å². The molecule has 0 aliphatic carbocycles. The second-order valence-corrected chi connectivity index (χ2v) is 4.05. The first-order chi connectivity index (χ1) is 7.63. The number of anilines is 1. The van der Waals surface area contributed by atoms with Gasteiger partial charge in [0.15, 0.2) is 0 Å². The van der Waals surface area contributed by atoms with Gasteiger partial charge >= 0.3 is 0 Å². The van der Waals surface area contributed by atoms with Gasteiger partial charge in [0.1, 0.15) is 5.82 Å². The third kappa shape index (κ3) is 1.80. The molecule has 4 heteroatoms. The number of carbonyl (C=O) groups is 1. The average Bonchev–Trinajstić information content (AvgIpc) is 2.64. The molecule has 86 valence electrons. The number of nitrogens with one attached hydrogen (secondary N) is 1. The van der Waals surface area contributed by atoms with Crippen molar-refractivity contribution in [3.63, 3.8) is 0 Å². The zero-order chi connectivity index (χ0) is 11.7. The van der Waals surface area contributed by atoms with E-state index in [1.165, 1.54) is 6.07 Å². The van der Waals surface area contributed by atoms with Crippen LogP contribution in [0.15, 0.2) is 18.2 Å². The molecule has 1 atom stereocenters. The monoisotopic (exact) mass is 222 g/mol. The Balaban J connectivity index is 2.25. The van der Waals surface area contributed by atoms with E-state index in [1.807, 2.05) is 0 Å². The molecule has 1 amide bonds. The molecule has 0 saturated carbocycles. The van der Waals surface area contributed by atoms with E-state index >= 15 is 0 Å². The van der Waals surface area contributed by atoms with Crippen molar-refractivity contribution in [1.82, 2.24) is 5.32 Å². The second-order valence-electron chi connectivity index (χ2n) is 4.05. The first-order valence-corrected chi connectivity index (χ1v) is 5.38. The topological polar surface area (TPSA) is 32.3 Å². The van der Waals surface area contributed by atoms with Crippen molar-refractivity contribution in [2.45, 2.75) is 19.4 Å². The Bertz CT molecular complexity index is 419. The molecule has 0 bridgehead atoms. The molecular weight excluding hydrogens is 207 g/mol. The molecule has 16 heavy (non-hydrogen) atoms. The Kier molecular flexibility index (Phi) is 2.92. The van der Waals surface area contributed by atoms with Crippen molar-refractivity contribution < 1.29 is 9.18 Å². The van der Waals surface area contributed by atoms with Crippen LogP contribution >= 0.6 is 0 Å². The second kappa shape index (κ2) is 4.22. The highest BCUT2D eigenvalue weighted by molar-refractivity contribution is 5.99. The van der Waals surface area contributed by atoms with Gasteiger partial charge in [0.25, 0.3) is 0 Å². The van der Waals surface area contributed by atoms with Crippen LogP contribution in [0, 0.1) is 12.7 Å². The molecule has 3 nitrogen and oxygen atoms in total. The normalized spacial score (nSPS) is 20.6. The Morgan fingerprint density at radius 1 is 1.50 bits per heavy atom. The number of nitrogens with zero attached hydrogens (tertiary/aromatic N) is 1. The summed E-state index contributed by atoms with van der Waals surface area (Å²) in [5.74, 6) is -0.246. The summed E-state index contributed by atoms with van der Waals surface area (Å²) in [5, 5.41) is 2.95. The molecular formula is C12H15FN2O. The Hall–Kier alpha value is -1.42. The summed E-state index contributed by atoms with van der Waals surface area (Å²) in [6, 6.07) is 4.77. The minimum Gasteiger partial charge on any atom is -0.311 e. The molecule has 1 fully saturated rings. The number of aryl methyl sites for hydroxylation is 1. The predicted octanol–water partition coefficient (Wildman–Crippen LogP) is 1.46. The van der Waals surface area contributed by atoms with E-state index in [4.69, 9.17) is 0 Å². The predicted molar refractivity (Wildman–Crippen MR) is 61.0 cm³/mol. The molecule has 1 aliphatic heterocycles. The SMILES string of the molecule is CNC1CCN(c2ccc(C)c(F)c2)C1=O. The largest absolute Gasteiger partial charge is 0.311 e. The van der Waals surface area contributed by atoms with Crippen LogP contribution in [0.4, 0.5) is 10.1 Å². The van der Waals surface area contributed by atoms with Gasteiger partial charge in [-0.25, -0.2) is 4.39 Å². The number of rotatable bonds is 2. The lowest BCUT2D eigenvalue weighted by molar-refractivity contribution is -0.118. The Morgan fingerprint density at radius 3 is 2.81 bits per heavy atom. The highest BCUT2D eigenvalue weighted by Gasteiger charge is 2.31. The molecule has 0 aromatic heterocycles. The summed E-state index contributed by atoms with van der Waals surface area (Å²) in [7, 11) is 1.77. The summed E-state index contributed by atoms with van der Waals surface area (Å²) in [5.41, 5.74) is 1.24. The quantitative estimate of drug-likeness (QED) is 0.821. The van der Waals surface area contributed by atoms with Gasteiger partial charge in [-0.15, -0.1) is 0 Å². The van der Waals surface area contributed by atoms with Gasteiger partial charge < -0.3 is 10.2 Å². The minimum absolute atomic E-state index is 0.0192. The van der Waals surface area contributed by atoms with Crippen molar-refractivity contribution in [3.8, 4) is 0 Å². The van der Waals surface area contributed by atoms with Crippen LogP contribution in [0.1, 0.15) is 12.0 Å². The van der Waals surface area contributed by atoms with Crippen LogP contribution in [-0.4, -0.2) is 25.5 Å². The van der Waals surface area contributed by atoms with Gasteiger partial charge in [0.2, 0.25) is 5.91 Å². The fourth-order valence-electron chi connectivity index (χ4n) is 1.95. The van der Waals surface area contributed by atoms with Crippen molar-refractivity contribution >= 4 is 11.6 Å². The van der Waals surface area contributed by atoms with Crippen molar-refractivity contribution in [1.29, 1.82) is 0 Å². The molecule has 2 rings (SSSR count). The van der Waals surface area contributed by atoms with Crippen LogP contribution in [0.2, 0.25) is 0 Å². The number of likely N-dealkylation sites (N-methyl/N-ethyl adjacent to an activating group) is 1. The van der Waals surface area contributed by atoms with E-state index in [1.54, 1.807) is 31.0 Å². The number of carbonyl (C=O) groups excluding carboxylic acids is 1. The summed E-state index contributed by atoms with van der Waals surface area (Å²) < 4.78 is 13.4. The molecule has 1 unspecified atom stereocenters. The van der Waals surface area contributed by atoms with Crippen molar-refractivity contribution in [2.24, 2.45) is 0 Å². The van der Waals surface area contributed by atoms with E-state index in [-0.39, 0.29) is 17.8 Å². The number of hydrogen-bond acceptors (Lipinski definition) is 2. The smallest absolute Gasteiger partial charge is 0.244 e. The first kappa shape index (κ1) is 11.1. The Labute approximate surface area is 94.3 Å². The van der Waals surface area contributed by atoms with E-state index in [9.17, 15) is 9.18 Å². The molecule has 1 aliphatic rings. The number of benzene rings is 1. The zero-order valence-corrected chi connectivity index (χ0v) is 9.46. The number of halogens is 1. The van der Waals surface area contributed by atoms with Gasteiger partial charge in [0, 0.05) is 12.2 Å². The van der Waals surface area contributed by atoms with Gasteiger partial charge in [0.05, 0.1) is 6.04 Å². The minimum atomic E-state index is -0.266. The summed E-state index contributed by atoms with van der Waals surface area (Å²) in [4.78, 5) is 13.5. The summed E-state index contributed by atoms with van der Waals surface area (Å²) >= 11 is 0. The van der Waals surface area contributed by atoms with Crippen LogP contribution in [0.5, 0.6) is 0 Å². The molecule has 0 radical (unpaired) electrons. The van der Waals surface area contributed by atoms with E-state index in [0.717, 1.165) is 6.42 Å². The van der Waals surface area contributed by atoms with Gasteiger partial charge in [-0.05, 0) is 38.1 Å². The van der Waals surface area contributed by atoms with Gasteiger partial charge in [-0.3, -0.25) is 4.79 Å². The number of hydrogen-bond donors (Lipinski definition) is 1. The third-order valence-electron chi connectivity index (χ3n) is 3.02. The lowest BCUT2D eigenvalue weighted by Crippen LogP contribution is -2.36. The van der Waals surface area contributed by atoms with E-state index in [0.29, 0.717) is 17.8 Å². The lowest BCUT2D eigenvalue weighted by Gasteiger charge is -2.17. The summed E-state index contributed by atoms with van der Waals surface area (Å²) in [6.45, 7) is 2.36. The van der Waals surface area contributed by atoms with Crippen LogP contribution < -0.4 is 10.2 Å². The van der Waals surface area contributed by atoms with Gasteiger partial charge in [-0.1, -0.05) is 6.07 Å². The molecule has 1 aromatic carbocycles. The zero-order valence-electron chi connectivity index (χ0n) is 9.46. The lowest BCUT2D eigenvalue weighted by atomic mass is 10.2. The maximum absolute atomic E-state index is 13.4. The molecule has 1 N–H and O–H groups in total. The Morgan fingerprint density at radius 2 is 2.25 bits per heavy atom. The molecule has 0 spiro atoms. The molecule has 1 saturated heterocycles. The first-order valence-electron chi connectivity index (χ1n) is 5.38. The molecule has 1 aromatic rings. The van der Waals surface area contributed by atoms with E-state index in [2.05, 4.69) is 5.32 Å². The van der Waals surface area contributed by atoms with Crippen molar-refractivity contribution in [3.05, 3.63) is 29.6 Å². The average molecular weight is 222 g/mol. The maximum Gasteiger partial charge on any atom is 0.244 e. The maximum atomic E-state index is 13.4. The highest BCUT2D eigenvalue weighted by atomic mass is 19.1. The fraction of sp³-hybridized carbons (Fsp3) is 0.417. The van der Waals surface area contributed by atoms with Crippen LogP contribution in [0.25, 0.3) is 0 Å². The summed E-state index contributed by atoms with van der Waals surface area (Å²) in [6.07, 6.45) is 0.769. The van der Waals surface area contributed by atoms with Crippen LogP contribution in [0.3, 0.4) is 0 Å². The van der Waals surface area contributed by atoms with E-state index < -0.39 is 0 Å². The standard InChI is InChI=1S/C12H15FN2O/c1-8-3-4-9(7-10(8)13)15-6-5-11(14-2)12(15)16/h3-4,7,11,14H,5-6H2,1-2H3. The van der Waals surface area contributed by atoms with Crippen molar-refractivity contribution in [2.75, 3.05) is 18.5 Å². The number of amides is 1. The highest BCUT2D eigenvalue weighted by Crippen LogP contribution is 2.23. The van der Waals surface area contributed by atoms with Gasteiger partial charge in [-0.2, -0.15) is 0 Å².